The number of carbonyl (C=O) groups is 2. The Morgan fingerprint density at radius 1 is 1.03 bits per heavy atom. The van der Waals surface area contributed by atoms with Gasteiger partial charge in [-0.1, -0.05) is 30.3 Å². The molecule has 0 spiro atoms. The lowest BCUT2D eigenvalue weighted by Crippen LogP contribution is -2.30. The maximum Gasteiger partial charge on any atom is 0.261 e. The molecule has 6 heteroatoms. The second-order valence-electron chi connectivity index (χ2n) is 7.42. The zero-order valence-corrected chi connectivity index (χ0v) is 17.6. The number of methoxy groups -OCH3 is 1. The number of rotatable bonds is 8. The molecular weight excluding hydrogens is 396 g/mol. The van der Waals surface area contributed by atoms with Crippen LogP contribution in [0.5, 0.6) is 5.75 Å². The lowest BCUT2D eigenvalue weighted by molar-refractivity contribution is 0.0928. The molecular formula is C24H24N2O3S. The molecule has 1 aromatic heterocycles. The van der Waals surface area contributed by atoms with E-state index >= 15 is 0 Å². The van der Waals surface area contributed by atoms with Gasteiger partial charge in [-0.3, -0.25) is 9.59 Å². The SMILES string of the molecule is COc1ccc(C(NC(=O)c2ccc(CNC(=O)c3cccs3)cc2)C2CC2)cc1. The summed E-state index contributed by atoms with van der Waals surface area (Å²) in [6.45, 7) is 0.426. The molecule has 1 aliphatic carbocycles. The predicted octanol–water partition coefficient (Wildman–Crippen LogP) is 4.57. The smallest absolute Gasteiger partial charge is 0.261 e. The van der Waals surface area contributed by atoms with E-state index in [2.05, 4.69) is 10.6 Å². The Kier molecular flexibility index (Phi) is 6.14. The molecule has 0 aliphatic heterocycles. The molecule has 154 valence electrons. The minimum atomic E-state index is -0.0862. The number of carbonyl (C=O) groups excluding carboxylic acids is 2. The first-order valence-corrected chi connectivity index (χ1v) is 10.9. The van der Waals surface area contributed by atoms with Crippen molar-refractivity contribution in [1.82, 2.24) is 10.6 Å². The molecule has 2 amide bonds. The lowest BCUT2D eigenvalue weighted by atomic mass is 10.0. The van der Waals surface area contributed by atoms with Crippen LogP contribution >= 0.6 is 11.3 Å². The molecule has 2 N–H and O–H groups in total. The number of nitrogens with one attached hydrogen (secondary N) is 2. The van der Waals surface area contributed by atoms with E-state index in [1.165, 1.54) is 11.3 Å². The largest absolute Gasteiger partial charge is 0.497 e. The summed E-state index contributed by atoms with van der Waals surface area (Å²) in [6.07, 6.45) is 2.25. The van der Waals surface area contributed by atoms with Crippen molar-refractivity contribution >= 4 is 23.2 Å². The molecule has 1 unspecified atom stereocenters. The first-order chi connectivity index (χ1) is 14.6. The van der Waals surface area contributed by atoms with Crippen molar-refractivity contribution in [2.24, 2.45) is 5.92 Å². The van der Waals surface area contributed by atoms with Gasteiger partial charge in [-0.05, 0) is 65.6 Å². The first kappa shape index (κ1) is 20.2. The molecule has 1 saturated carbocycles. The zero-order chi connectivity index (χ0) is 20.9. The van der Waals surface area contributed by atoms with E-state index in [0.717, 1.165) is 29.7 Å². The van der Waals surface area contributed by atoms with E-state index < -0.39 is 0 Å². The van der Waals surface area contributed by atoms with E-state index in [4.69, 9.17) is 4.74 Å². The van der Waals surface area contributed by atoms with Gasteiger partial charge in [0.05, 0.1) is 18.0 Å². The fourth-order valence-electron chi connectivity index (χ4n) is 3.39. The molecule has 4 rings (SSSR count). The quantitative estimate of drug-likeness (QED) is 0.561. The third kappa shape index (κ3) is 4.89. The highest BCUT2D eigenvalue weighted by Gasteiger charge is 2.33. The highest BCUT2D eigenvalue weighted by Crippen LogP contribution is 2.41. The summed E-state index contributed by atoms with van der Waals surface area (Å²) >= 11 is 1.41. The second-order valence-corrected chi connectivity index (χ2v) is 8.37. The van der Waals surface area contributed by atoms with Gasteiger partial charge < -0.3 is 15.4 Å². The molecule has 0 saturated heterocycles. The van der Waals surface area contributed by atoms with Gasteiger partial charge in [0.25, 0.3) is 11.8 Å². The highest BCUT2D eigenvalue weighted by molar-refractivity contribution is 7.12. The molecule has 1 heterocycles. The van der Waals surface area contributed by atoms with Gasteiger partial charge in [-0.15, -0.1) is 11.3 Å². The summed E-state index contributed by atoms with van der Waals surface area (Å²) in [5.74, 6) is 1.12. The Hall–Kier alpha value is -3.12. The van der Waals surface area contributed by atoms with Crippen LogP contribution in [0.4, 0.5) is 0 Å². The van der Waals surface area contributed by atoms with Crippen molar-refractivity contribution in [2.75, 3.05) is 7.11 Å². The van der Waals surface area contributed by atoms with E-state index in [-0.39, 0.29) is 17.9 Å². The van der Waals surface area contributed by atoms with Crippen molar-refractivity contribution in [2.45, 2.75) is 25.4 Å². The molecule has 0 radical (unpaired) electrons. The number of ether oxygens (including phenoxy) is 1. The maximum absolute atomic E-state index is 12.8. The second kappa shape index (κ2) is 9.13. The van der Waals surface area contributed by atoms with Gasteiger partial charge in [-0.2, -0.15) is 0 Å². The van der Waals surface area contributed by atoms with Crippen LogP contribution in [0.3, 0.4) is 0 Å². The van der Waals surface area contributed by atoms with Crippen LogP contribution < -0.4 is 15.4 Å². The summed E-state index contributed by atoms with van der Waals surface area (Å²) < 4.78 is 5.23. The van der Waals surface area contributed by atoms with Crippen LogP contribution in [-0.4, -0.2) is 18.9 Å². The Balaban J connectivity index is 1.37. The van der Waals surface area contributed by atoms with E-state index in [9.17, 15) is 9.59 Å². The molecule has 1 atom stereocenters. The molecule has 1 fully saturated rings. The number of thiophene rings is 1. The molecule has 2 aromatic carbocycles. The van der Waals surface area contributed by atoms with Crippen LogP contribution in [0.1, 0.15) is 50.0 Å². The van der Waals surface area contributed by atoms with E-state index in [1.54, 1.807) is 25.3 Å². The highest BCUT2D eigenvalue weighted by atomic mass is 32.1. The van der Waals surface area contributed by atoms with E-state index in [0.29, 0.717) is 22.9 Å². The van der Waals surface area contributed by atoms with Gasteiger partial charge in [0, 0.05) is 12.1 Å². The lowest BCUT2D eigenvalue weighted by Gasteiger charge is -2.19. The van der Waals surface area contributed by atoms with Gasteiger partial charge in [0.1, 0.15) is 5.75 Å². The summed E-state index contributed by atoms with van der Waals surface area (Å²) in [7, 11) is 1.65. The first-order valence-electron chi connectivity index (χ1n) is 9.99. The van der Waals surface area contributed by atoms with Gasteiger partial charge in [-0.25, -0.2) is 0 Å². The Bertz CT molecular complexity index is 994. The van der Waals surface area contributed by atoms with E-state index in [1.807, 2.05) is 47.8 Å². The molecule has 0 bridgehead atoms. The summed E-state index contributed by atoms with van der Waals surface area (Å²) in [4.78, 5) is 25.6. The summed E-state index contributed by atoms with van der Waals surface area (Å²) in [6, 6.07) is 18.9. The van der Waals surface area contributed by atoms with Crippen molar-refractivity contribution in [3.63, 3.8) is 0 Å². The summed E-state index contributed by atoms with van der Waals surface area (Å²) in [5, 5.41) is 7.96. The normalized spacial score (nSPS) is 14.0. The molecule has 3 aromatic rings. The average molecular weight is 421 g/mol. The monoisotopic (exact) mass is 420 g/mol. The van der Waals surface area contributed by atoms with Crippen LogP contribution in [0.15, 0.2) is 66.0 Å². The van der Waals surface area contributed by atoms with Gasteiger partial charge >= 0.3 is 0 Å². The standard InChI is InChI=1S/C24H24N2O3S/c1-29-20-12-10-18(11-13-20)22(17-8-9-17)26-23(27)19-6-4-16(5-7-19)15-25-24(28)21-3-2-14-30-21/h2-7,10-14,17,22H,8-9,15H2,1H3,(H,25,28)(H,26,27). The number of benzene rings is 2. The number of amides is 2. The minimum absolute atomic E-state index is 0.00756. The fraction of sp³-hybridized carbons (Fsp3) is 0.250. The predicted molar refractivity (Wildman–Crippen MR) is 118 cm³/mol. The Morgan fingerprint density at radius 3 is 2.37 bits per heavy atom. The Morgan fingerprint density at radius 2 is 1.77 bits per heavy atom. The zero-order valence-electron chi connectivity index (χ0n) is 16.8. The molecule has 5 nitrogen and oxygen atoms in total. The summed E-state index contributed by atoms with van der Waals surface area (Å²) in [5.41, 5.74) is 2.66. The van der Waals surface area contributed by atoms with Crippen molar-refractivity contribution in [3.8, 4) is 5.75 Å². The van der Waals surface area contributed by atoms with Gasteiger partial charge in [0.2, 0.25) is 0 Å². The average Bonchev–Trinajstić information content (AvgIpc) is 3.48. The fourth-order valence-corrected chi connectivity index (χ4v) is 4.03. The van der Waals surface area contributed by atoms with Crippen molar-refractivity contribution < 1.29 is 14.3 Å². The number of hydrogen-bond donors (Lipinski definition) is 2. The molecule has 1 aliphatic rings. The van der Waals surface area contributed by atoms with Crippen molar-refractivity contribution in [3.05, 3.63) is 87.6 Å². The minimum Gasteiger partial charge on any atom is -0.497 e. The van der Waals surface area contributed by atoms with Gasteiger partial charge in [0.15, 0.2) is 0 Å². The van der Waals surface area contributed by atoms with Crippen LogP contribution in [0, 0.1) is 5.92 Å². The maximum atomic E-state index is 12.8. The van der Waals surface area contributed by atoms with Crippen LogP contribution in [0.2, 0.25) is 0 Å². The van der Waals surface area contributed by atoms with Crippen molar-refractivity contribution in [1.29, 1.82) is 0 Å². The number of hydrogen-bond acceptors (Lipinski definition) is 4. The van der Waals surface area contributed by atoms with Crippen LogP contribution in [0.25, 0.3) is 0 Å². The molecule has 30 heavy (non-hydrogen) atoms. The Labute approximate surface area is 180 Å². The van der Waals surface area contributed by atoms with Crippen LogP contribution in [-0.2, 0) is 6.54 Å². The topological polar surface area (TPSA) is 67.4 Å². The third-order valence-corrected chi connectivity index (χ3v) is 6.14. The third-order valence-electron chi connectivity index (χ3n) is 5.27.